The molecule has 0 radical (unpaired) electrons. The van der Waals surface area contributed by atoms with Crippen molar-refractivity contribution in [2.75, 3.05) is 11.9 Å². The van der Waals surface area contributed by atoms with Gasteiger partial charge in [-0.15, -0.1) is 0 Å². The number of aryl methyl sites for hydroxylation is 1. The number of halogens is 4. The molecule has 6 nitrogen and oxygen atoms in total. The average molecular weight is 454 g/mol. The molecule has 0 aliphatic carbocycles. The maximum atomic E-state index is 12.8. The van der Waals surface area contributed by atoms with Crippen LogP contribution in [0.4, 0.5) is 18.9 Å². The summed E-state index contributed by atoms with van der Waals surface area (Å²) in [6.45, 7) is 2.36. The molecular weight excluding hydrogens is 435 g/mol. The summed E-state index contributed by atoms with van der Waals surface area (Å²) in [4.78, 5) is 16.4. The summed E-state index contributed by atoms with van der Waals surface area (Å²) < 4.78 is 49.3. The van der Waals surface area contributed by atoms with Gasteiger partial charge in [0.1, 0.15) is 5.75 Å². The van der Waals surface area contributed by atoms with E-state index in [-0.39, 0.29) is 17.1 Å². The van der Waals surface area contributed by atoms with Crippen LogP contribution >= 0.6 is 11.6 Å². The Morgan fingerprint density at radius 1 is 1.23 bits per heavy atom. The zero-order valence-electron chi connectivity index (χ0n) is 16.5. The van der Waals surface area contributed by atoms with Gasteiger partial charge in [0, 0.05) is 12.8 Å². The van der Waals surface area contributed by atoms with Crippen molar-refractivity contribution in [2.24, 2.45) is 0 Å². The lowest BCUT2D eigenvalue weighted by molar-refractivity contribution is -0.137. The minimum atomic E-state index is -4.53. The molecule has 3 aromatic rings. The van der Waals surface area contributed by atoms with E-state index in [2.05, 4.69) is 15.5 Å². The number of alkyl halides is 3. The van der Waals surface area contributed by atoms with Gasteiger partial charge in [0.2, 0.25) is 17.6 Å². The molecule has 0 bridgehead atoms. The Kier molecular flexibility index (Phi) is 7.17. The van der Waals surface area contributed by atoms with Crippen LogP contribution in [0.15, 0.2) is 47.0 Å². The largest absolute Gasteiger partial charge is 0.493 e. The molecule has 0 unspecified atom stereocenters. The normalized spacial score (nSPS) is 11.4. The third kappa shape index (κ3) is 5.97. The van der Waals surface area contributed by atoms with Gasteiger partial charge >= 0.3 is 6.18 Å². The van der Waals surface area contributed by atoms with Crippen LogP contribution in [0.5, 0.6) is 5.75 Å². The van der Waals surface area contributed by atoms with Gasteiger partial charge < -0.3 is 14.6 Å². The first-order valence-corrected chi connectivity index (χ1v) is 9.87. The van der Waals surface area contributed by atoms with Crippen LogP contribution in [0, 0.1) is 0 Å². The zero-order valence-corrected chi connectivity index (χ0v) is 17.3. The molecule has 1 amide bonds. The lowest BCUT2D eigenvalue weighted by Gasteiger charge is -2.11. The number of aromatic nitrogens is 2. The van der Waals surface area contributed by atoms with Gasteiger partial charge in [0.15, 0.2) is 0 Å². The summed E-state index contributed by atoms with van der Waals surface area (Å²) in [6.07, 6.45) is -3.80. The number of ether oxygens (including phenoxy) is 1. The van der Waals surface area contributed by atoms with E-state index >= 15 is 0 Å². The molecule has 31 heavy (non-hydrogen) atoms. The summed E-state index contributed by atoms with van der Waals surface area (Å²) in [5.41, 5.74) is -0.289. The number of anilines is 1. The van der Waals surface area contributed by atoms with E-state index in [0.717, 1.165) is 18.2 Å². The first kappa shape index (κ1) is 22.6. The van der Waals surface area contributed by atoms with Crippen molar-refractivity contribution in [1.82, 2.24) is 10.1 Å². The van der Waals surface area contributed by atoms with Crippen LogP contribution in [-0.4, -0.2) is 22.7 Å². The SMILES string of the molecule is CCOc1ccccc1-c1noc(CCCC(=O)Nc2cc(C(F)(F)F)ccc2Cl)n1. The Hall–Kier alpha value is -3.07. The Balaban J connectivity index is 1.57. The number of hydrogen-bond acceptors (Lipinski definition) is 5. The topological polar surface area (TPSA) is 77.2 Å². The predicted molar refractivity (Wildman–Crippen MR) is 109 cm³/mol. The highest BCUT2D eigenvalue weighted by molar-refractivity contribution is 6.33. The highest BCUT2D eigenvalue weighted by Crippen LogP contribution is 2.34. The number of benzene rings is 2. The fraction of sp³-hybridized carbons (Fsp3) is 0.286. The standard InChI is InChI=1S/C21H19ClF3N3O3/c1-2-30-17-7-4-3-6-14(17)20-27-19(31-28-20)9-5-8-18(29)26-16-12-13(21(23,24)25)10-11-15(16)22/h3-4,6-7,10-12H,2,5,8-9H2,1H3,(H,26,29). The number of carbonyl (C=O) groups is 1. The first-order chi connectivity index (χ1) is 14.8. The van der Waals surface area contributed by atoms with E-state index in [1.165, 1.54) is 0 Å². The molecule has 10 heteroatoms. The molecule has 0 aliphatic heterocycles. The average Bonchev–Trinajstić information content (AvgIpc) is 3.18. The molecular formula is C21H19ClF3N3O3. The summed E-state index contributed by atoms with van der Waals surface area (Å²) >= 11 is 5.89. The number of rotatable bonds is 8. The van der Waals surface area contributed by atoms with E-state index in [1.54, 1.807) is 6.07 Å². The molecule has 0 aliphatic rings. The fourth-order valence-electron chi connectivity index (χ4n) is 2.81. The fourth-order valence-corrected chi connectivity index (χ4v) is 2.97. The van der Waals surface area contributed by atoms with Crippen LogP contribution in [-0.2, 0) is 17.4 Å². The summed E-state index contributed by atoms with van der Waals surface area (Å²) in [5, 5.41) is 6.38. The Labute approximate surface area is 181 Å². The van der Waals surface area contributed by atoms with Gasteiger partial charge in [-0.3, -0.25) is 4.79 Å². The first-order valence-electron chi connectivity index (χ1n) is 9.49. The van der Waals surface area contributed by atoms with E-state index in [9.17, 15) is 18.0 Å². The second-order valence-corrected chi connectivity index (χ2v) is 6.94. The van der Waals surface area contributed by atoms with Gasteiger partial charge in [0.05, 0.1) is 28.4 Å². The molecule has 0 saturated heterocycles. The minimum absolute atomic E-state index is 0.0239. The molecule has 1 aromatic heterocycles. The van der Waals surface area contributed by atoms with Crippen molar-refractivity contribution in [2.45, 2.75) is 32.4 Å². The number of nitrogens with one attached hydrogen (secondary N) is 1. The maximum absolute atomic E-state index is 12.8. The summed E-state index contributed by atoms with van der Waals surface area (Å²) in [6, 6.07) is 10.0. The Morgan fingerprint density at radius 3 is 2.74 bits per heavy atom. The highest BCUT2D eigenvalue weighted by atomic mass is 35.5. The molecule has 0 spiro atoms. The quantitative estimate of drug-likeness (QED) is 0.468. The maximum Gasteiger partial charge on any atom is 0.416 e. The van der Waals surface area contributed by atoms with Crippen LogP contribution < -0.4 is 10.1 Å². The molecule has 0 atom stereocenters. The van der Waals surface area contributed by atoms with E-state index < -0.39 is 17.6 Å². The lowest BCUT2D eigenvalue weighted by atomic mass is 10.1. The molecule has 164 valence electrons. The van der Waals surface area contributed by atoms with Crippen LogP contribution in [0.2, 0.25) is 5.02 Å². The van der Waals surface area contributed by atoms with Crippen molar-refractivity contribution in [3.8, 4) is 17.1 Å². The smallest absolute Gasteiger partial charge is 0.416 e. The monoisotopic (exact) mass is 453 g/mol. The van der Waals surface area contributed by atoms with Gasteiger partial charge in [-0.25, -0.2) is 0 Å². The number of amides is 1. The molecule has 2 aromatic carbocycles. The summed E-state index contributed by atoms with van der Waals surface area (Å²) in [7, 11) is 0. The number of carbonyl (C=O) groups excluding carboxylic acids is 1. The van der Waals surface area contributed by atoms with E-state index in [4.69, 9.17) is 20.9 Å². The molecule has 3 rings (SSSR count). The molecule has 1 heterocycles. The minimum Gasteiger partial charge on any atom is -0.493 e. The van der Waals surface area contributed by atoms with Crippen molar-refractivity contribution in [1.29, 1.82) is 0 Å². The van der Waals surface area contributed by atoms with Crippen LogP contribution in [0.25, 0.3) is 11.4 Å². The molecule has 0 fully saturated rings. The van der Waals surface area contributed by atoms with Crippen LogP contribution in [0.3, 0.4) is 0 Å². The van der Waals surface area contributed by atoms with E-state index in [1.807, 2.05) is 25.1 Å². The van der Waals surface area contributed by atoms with Gasteiger partial charge in [0.25, 0.3) is 0 Å². The van der Waals surface area contributed by atoms with Gasteiger partial charge in [-0.2, -0.15) is 18.2 Å². The second kappa shape index (κ2) is 9.82. The third-order valence-corrected chi connectivity index (χ3v) is 4.59. The van der Waals surface area contributed by atoms with Crippen molar-refractivity contribution < 1.29 is 27.2 Å². The van der Waals surface area contributed by atoms with Crippen molar-refractivity contribution in [3.63, 3.8) is 0 Å². The Morgan fingerprint density at radius 2 is 2.00 bits per heavy atom. The van der Waals surface area contributed by atoms with Crippen molar-refractivity contribution >= 4 is 23.2 Å². The zero-order chi connectivity index (χ0) is 22.4. The lowest BCUT2D eigenvalue weighted by Crippen LogP contribution is -2.13. The van der Waals surface area contributed by atoms with Crippen LogP contribution in [0.1, 0.15) is 31.2 Å². The highest BCUT2D eigenvalue weighted by Gasteiger charge is 2.31. The molecule has 0 saturated carbocycles. The predicted octanol–water partition coefficient (Wildman–Crippen LogP) is 5.77. The van der Waals surface area contributed by atoms with E-state index in [0.29, 0.717) is 42.5 Å². The number of nitrogens with zero attached hydrogens (tertiary/aromatic N) is 2. The second-order valence-electron chi connectivity index (χ2n) is 6.54. The van der Waals surface area contributed by atoms with Gasteiger partial charge in [-0.05, 0) is 43.7 Å². The van der Waals surface area contributed by atoms with Gasteiger partial charge in [-0.1, -0.05) is 28.9 Å². The number of para-hydroxylation sites is 1. The summed E-state index contributed by atoms with van der Waals surface area (Å²) in [5.74, 6) is 0.878. The number of hydrogen-bond donors (Lipinski definition) is 1. The Bertz CT molecular complexity index is 1050. The molecule has 1 N–H and O–H groups in total. The third-order valence-electron chi connectivity index (χ3n) is 4.26. The van der Waals surface area contributed by atoms with Crippen molar-refractivity contribution in [3.05, 3.63) is 58.9 Å².